The van der Waals surface area contributed by atoms with Crippen molar-refractivity contribution < 1.29 is 9.84 Å². The van der Waals surface area contributed by atoms with E-state index in [2.05, 4.69) is 0 Å². The summed E-state index contributed by atoms with van der Waals surface area (Å²) in [4.78, 5) is 0. The first-order valence-corrected chi connectivity index (χ1v) is 4.70. The molecule has 3 N–H and O–H groups in total. The predicted octanol–water partition coefficient (Wildman–Crippen LogP) is 1.25. The summed E-state index contributed by atoms with van der Waals surface area (Å²) < 4.78 is 5.05. The van der Waals surface area contributed by atoms with E-state index in [0.717, 1.165) is 11.3 Å². The molecule has 0 saturated carbocycles. The van der Waals surface area contributed by atoms with E-state index >= 15 is 0 Å². The molecular formula is C11H17NO2. The molecule has 0 spiro atoms. The zero-order valence-corrected chi connectivity index (χ0v) is 8.66. The van der Waals surface area contributed by atoms with Gasteiger partial charge in [0.05, 0.1) is 19.3 Å². The largest absolute Gasteiger partial charge is 0.497 e. The molecule has 0 aliphatic heterocycles. The molecule has 0 unspecified atom stereocenters. The summed E-state index contributed by atoms with van der Waals surface area (Å²) >= 11 is 0. The van der Waals surface area contributed by atoms with E-state index in [1.807, 2.05) is 31.2 Å². The fourth-order valence-electron chi connectivity index (χ4n) is 1.33. The smallest absolute Gasteiger partial charge is 0.118 e. The molecule has 0 amide bonds. The fraction of sp³-hybridized carbons (Fsp3) is 0.455. The van der Waals surface area contributed by atoms with E-state index < -0.39 is 5.54 Å². The van der Waals surface area contributed by atoms with E-state index in [4.69, 9.17) is 10.5 Å². The molecule has 3 nitrogen and oxygen atoms in total. The van der Waals surface area contributed by atoms with Gasteiger partial charge in [0.15, 0.2) is 0 Å². The van der Waals surface area contributed by atoms with E-state index in [9.17, 15) is 5.11 Å². The molecule has 0 radical (unpaired) electrons. The van der Waals surface area contributed by atoms with Crippen molar-refractivity contribution >= 4 is 0 Å². The van der Waals surface area contributed by atoms with Gasteiger partial charge in [-0.3, -0.25) is 0 Å². The lowest BCUT2D eigenvalue weighted by Gasteiger charge is -2.26. The van der Waals surface area contributed by atoms with Crippen molar-refractivity contribution in [3.05, 3.63) is 29.8 Å². The Morgan fingerprint density at radius 1 is 1.36 bits per heavy atom. The number of methoxy groups -OCH3 is 1. The molecule has 0 fully saturated rings. The lowest BCUT2D eigenvalue weighted by atomic mass is 9.89. The van der Waals surface area contributed by atoms with E-state index in [-0.39, 0.29) is 6.61 Å². The molecule has 1 aromatic carbocycles. The van der Waals surface area contributed by atoms with Gasteiger partial charge in [-0.15, -0.1) is 0 Å². The van der Waals surface area contributed by atoms with E-state index in [1.165, 1.54) is 0 Å². The van der Waals surface area contributed by atoms with Crippen molar-refractivity contribution in [1.82, 2.24) is 0 Å². The van der Waals surface area contributed by atoms with Crippen molar-refractivity contribution in [3.8, 4) is 5.75 Å². The first-order valence-electron chi connectivity index (χ1n) is 4.70. The van der Waals surface area contributed by atoms with Crippen LogP contribution in [0.25, 0.3) is 0 Å². The standard InChI is InChI=1S/C11H17NO2/c1-3-11(12,8-13)9-4-6-10(14-2)7-5-9/h4-7,13H,3,8,12H2,1-2H3/t11-/m0/s1. The SMILES string of the molecule is CC[C@](N)(CO)c1ccc(OC)cc1. The number of aliphatic hydroxyl groups is 1. The Morgan fingerprint density at radius 3 is 2.29 bits per heavy atom. The van der Waals surface area contributed by atoms with E-state index in [1.54, 1.807) is 7.11 Å². The Morgan fingerprint density at radius 2 is 1.93 bits per heavy atom. The first-order chi connectivity index (χ1) is 6.66. The molecule has 0 saturated heterocycles. The molecule has 14 heavy (non-hydrogen) atoms. The number of benzene rings is 1. The Labute approximate surface area is 84.5 Å². The van der Waals surface area contributed by atoms with Crippen molar-refractivity contribution in [2.75, 3.05) is 13.7 Å². The van der Waals surface area contributed by atoms with E-state index in [0.29, 0.717) is 6.42 Å². The third-order valence-corrected chi connectivity index (χ3v) is 2.58. The molecular weight excluding hydrogens is 178 g/mol. The molecule has 0 aliphatic rings. The molecule has 0 aromatic heterocycles. The van der Waals surface area contributed by atoms with Crippen molar-refractivity contribution in [3.63, 3.8) is 0 Å². The summed E-state index contributed by atoms with van der Waals surface area (Å²) in [5.41, 5.74) is 6.32. The molecule has 0 bridgehead atoms. The monoisotopic (exact) mass is 195 g/mol. The third kappa shape index (κ3) is 2.05. The molecule has 0 heterocycles. The zero-order chi connectivity index (χ0) is 10.6. The third-order valence-electron chi connectivity index (χ3n) is 2.58. The van der Waals surface area contributed by atoms with Crippen LogP contribution in [0, 0.1) is 0 Å². The molecule has 78 valence electrons. The first kappa shape index (κ1) is 11.0. The van der Waals surface area contributed by atoms with Gasteiger partial charge < -0.3 is 15.6 Å². The number of aliphatic hydroxyl groups excluding tert-OH is 1. The molecule has 1 atom stereocenters. The van der Waals surface area contributed by atoms with Crippen molar-refractivity contribution in [2.24, 2.45) is 5.73 Å². The van der Waals surface area contributed by atoms with Gasteiger partial charge in [-0.1, -0.05) is 19.1 Å². The van der Waals surface area contributed by atoms with Gasteiger partial charge in [-0.05, 0) is 24.1 Å². The maximum absolute atomic E-state index is 9.21. The summed E-state index contributed by atoms with van der Waals surface area (Å²) in [6.07, 6.45) is 0.704. The second kappa shape index (κ2) is 4.44. The number of ether oxygens (including phenoxy) is 1. The molecule has 1 rings (SSSR count). The predicted molar refractivity (Wildman–Crippen MR) is 56.2 cm³/mol. The average molecular weight is 195 g/mol. The van der Waals surface area contributed by atoms with Gasteiger partial charge in [-0.25, -0.2) is 0 Å². The van der Waals surface area contributed by atoms with Crippen LogP contribution in [0.15, 0.2) is 24.3 Å². The normalized spacial score (nSPS) is 14.9. The summed E-state index contributed by atoms with van der Waals surface area (Å²) in [7, 11) is 1.62. The number of hydrogen-bond donors (Lipinski definition) is 2. The molecule has 1 aromatic rings. The van der Waals surface area contributed by atoms with Crippen LogP contribution in [-0.4, -0.2) is 18.8 Å². The summed E-state index contributed by atoms with van der Waals surface area (Å²) in [5, 5.41) is 9.21. The minimum atomic E-state index is -0.633. The highest BCUT2D eigenvalue weighted by molar-refractivity contribution is 5.31. The second-order valence-electron chi connectivity index (χ2n) is 3.40. The van der Waals surface area contributed by atoms with Crippen LogP contribution < -0.4 is 10.5 Å². The second-order valence-corrected chi connectivity index (χ2v) is 3.40. The highest BCUT2D eigenvalue weighted by Gasteiger charge is 2.23. The summed E-state index contributed by atoms with van der Waals surface area (Å²) in [5.74, 6) is 0.796. The maximum atomic E-state index is 9.21. The summed E-state index contributed by atoms with van der Waals surface area (Å²) in [6, 6.07) is 7.47. The van der Waals surface area contributed by atoms with Crippen molar-refractivity contribution in [2.45, 2.75) is 18.9 Å². The minimum absolute atomic E-state index is 0.0458. The van der Waals surface area contributed by atoms with Gasteiger partial charge in [0.1, 0.15) is 5.75 Å². The van der Waals surface area contributed by atoms with Crippen LogP contribution in [0.1, 0.15) is 18.9 Å². The Kier molecular flexibility index (Phi) is 3.49. The van der Waals surface area contributed by atoms with Gasteiger partial charge in [0.25, 0.3) is 0 Å². The molecule has 3 heteroatoms. The number of hydrogen-bond acceptors (Lipinski definition) is 3. The van der Waals surface area contributed by atoms with Crippen LogP contribution in [0.2, 0.25) is 0 Å². The van der Waals surface area contributed by atoms with Gasteiger partial charge >= 0.3 is 0 Å². The lowest BCUT2D eigenvalue weighted by molar-refractivity contribution is 0.192. The Bertz CT molecular complexity index is 278. The summed E-state index contributed by atoms with van der Waals surface area (Å²) in [6.45, 7) is 1.91. The fourth-order valence-corrected chi connectivity index (χ4v) is 1.33. The van der Waals surface area contributed by atoms with Crippen LogP contribution in [0.4, 0.5) is 0 Å². The van der Waals surface area contributed by atoms with Crippen LogP contribution in [-0.2, 0) is 5.54 Å². The highest BCUT2D eigenvalue weighted by Crippen LogP contribution is 2.23. The van der Waals surface area contributed by atoms with Gasteiger partial charge in [0.2, 0.25) is 0 Å². The Hall–Kier alpha value is -1.06. The van der Waals surface area contributed by atoms with Gasteiger partial charge in [0, 0.05) is 0 Å². The van der Waals surface area contributed by atoms with Gasteiger partial charge in [-0.2, -0.15) is 0 Å². The number of rotatable bonds is 4. The van der Waals surface area contributed by atoms with Crippen LogP contribution >= 0.6 is 0 Å². The van der Waals surface area contributed by atoms with Crippen LogP contribution in [0.5, 0.6) is 5.75 Å². The highest BCUT2D eigenvalue weighted by atomic mass is 16.5. The van der Waals surface area contributed by atoms with Crippen LogP contribution in [0.3, 0.4) is 0 Å². The quantitative estimate of drug-likeness (QED) is 0.760. The minimum Gasteiger partial charge on any atom is -0.497 e. The molecule has 0 aliphatic carbocycles. The Balaban J connectivity index is 2.95. The average Bonchev–Trinajstić information content (AvgIpc) is 2.28. The topological polar surface area (TPSA) is 55.5 Å². The number of nitrogens with two attached hydrogens (primary N) is 1. The van der Waals surface area contributed by atoms with Crippen molar-refractivity contribution in [1.29, 1.82) is 0 Å². The maximum Gasteiger partial charge on any atom is 0.118 e. The lowest BCUT2D eigenvalue weighted by Crippen LogP contribution is -2.39. The zero-order valence-electron chi connectivity index (χ0n) is 8.66.